The van der Waals surface area contributed by atoms with Crippen LogP contribution < -0.4 is 10.6 Å². The summed E-state index contributed by atoms with van der Waals surface area (Å²) in [6.45, 7) is 0. The van der Waals surface area contributed by atoms with E-state index in [9.17, 15) is 18.4 Å². The van der Waals surface area contributed by atoms with Gasteiger partial charge in [0.15, 0.2) is 5.13 Å². The molecular weight excluding hydrogens is 404 g/mol. The van der Waals surface area contributed by atoms with Crippen LogP contribution in [0.25, 0.3) is 0 Å². The van der Waals surface area contributed by atoms with E-state index in [4.69, 9.17) is 0 Å². The molecule has 1 aromatic heterocycles. The van der Waals surface area contributed by atoms with Gasteiger partial charge in [-0.25, -0.2) is 13.8 Å². The first kappa shape index (κ1) is 20.0. The van der Waals surface area contributed by atoms with Crippen LogP contribution in [0.3, 0.4) is 0 Å². The quantitative estimate of drug-likeness (QED) is 0.590. The Morgan fingerprint density at radius 3 is 2.57 bits per heavy atom. The molecule has 0 aliphatic carbocycles. The summed E-state index contributed by atoms with van der Waals surface area (Å²) >= 11 is 2.62. The van der Waals surface area contributed by atoms with Gasteiger partial charge in [0.2, 0.25) is 5.91 Å². The van der Waals surface area contributed by atoms with E-state index in [1.165, 1.54) is 65.6 Å². The highest BCUT2D eigenvalue weighted by atomic mass is 32.2. The van der Waals surface area contributed by atoms with Crippen molar-refractivity contribution < 1.29 is 18.4 Å². The number of benzene rings is 2. The second kappa shape index (κ2) is 9.43. The molecule has 1 heterocycles. The molecule has 0 saturated carbocycles. The van der Waals surface area contributed by atoms with Gasteiger partial charge in [0.1, 0.15) is 11.6 Å². The summed E-state index contributed by atoms with van der Waals surface area (Å²) in [5.41, 5.74) is 1.46. The molecule has 0 unspecified atom stereocenters. The Kier molecular flexibility index (Phi) is 6.72. The normalized spacial score (nSPS) is 10.5. The molecule has 0 saturated heterocycles. The van der Waals surface area contributed by atoms with E-state index in [1.54, 1.807) is 5.38 Å². The van der Waals surface area contributed by atoms with Crippen LogP contribution in [0.1, 0.15) is 16.1 Å². The SMILES string of the molecule is O=C(CSCc1csc(NC(=O)c2cccc(F)c2)n1)Nc1ccc(F)cc1. The number of aromatic nitrogens is 1. The number of halogens is 2. The number of anilines is 2. The summed E-state index contributed by atoms with van der Waals surface area (Å²) in [5.74, 6) is -0.791. The van der Waals surface area contributed by atoms with Gasteiger partial charge in [0.05, 0.1) is 11.4 Å². The van der Waals surface area contributed by atoms with Gasteiger partial charge in [0, 0.05) is 22.4 Å². The van der Waals surface area contributed by atoms with Gasteiger partial charge >= 0.3 is 0 Å². The lowest BCUT2D eigenvalue weighted by Crippen LogP contribution is -2.14. The number of hydrogen-bond acceptors (Lipinski definition) is 5. The van der Waals surface area contributed by atoms with Crippen LogP contribution in [-0.2, 0) is 10.5 Å². The van der Waals surface area contributed by atoms with Crippen molar-refractivity contribution in [2.45, 2.75) is 5.75 Å². The molecule has 5 nitrogen and oxygen atoms in total. The van der Waals surface area contributed by atoms with E-state index in [0.29, 0.717) is 16.6 Å². The van der Waals surface area contributed by atoms with Crippen molar-refractivity contribution >= 4 is 45.7 Å². The average Bonchev–Trinajstić information content (AvgIpc) is 3.11. The third-order valence-electron chi connectivity index (χ3n) is 3.47. The van der Waals surface area contributed by atoms with Gasteiger partial charge in [-0.3, -0.25) is 14.9 Å². The Hall–Kier alpha value is -2.78. The zero-order valence-electron chi connectivity index (χ0n) is 14.4. The molecule has 0 aliphatic heterocycles. The summed E-state index contributed by atoms with van der Waals surface area (Å²) in [6, 6.07) is 10.9. The lowest BCUT2D eigenvalue weighted by molar-refractivity contribution is -0.113. The number of amides is 2. The minimum absolute atomic E-state index is 0.202. The maximum atomic E-state index is 13.2. The van der Waals surface area contributed by atoms with Crippen molar-refractivity contribution in [3.8, 4) is 0 Å². The predicted octanol–water partition coefficient (Wildman–Crippen LogP) is 4.55. The maximum Gasteiger partial charge on any atom is 0.257 e. The van der Waals surface area contributed by atoms with Crippen molar-refractivity contribution in [2.24, 2.45) is 0 Å². The monoisotopic (exact) mass is 419 g/mol. The lowest BCUT2D eigenvalue weighted by Gasteiger charge is -2.04. The number of nitrogens with zero attached hydrogens (tertiary/aromatic N) is 1. The van der Waals surface area contributed by atoms with Crippen molar-refractivity contribution in [3.05, 3.63) is 76.8 Å². The number of rotatable bonds is 7. The van der Waals surface area contributed by atoms with E-state index in [2.05, 4.69) is 15.6 Å². The number of thioether (sulfide) groups is 1. The van der Waals surface area contributed by atoms with Gasteiger partial charge in [-0.15, -0.1) is 23.1 Å². The van der Waals surface area contributed by atoms with Crippen LogP contribution in [0.5, 0.6) is 0 Å². The zero-order chi connectivity index (χ0) is 19.9. The van der Waals surface area contributed by atoms with E-state index >= 15 is 0 Å². The van der Waals surface area contributed by atoms with Crippen LogP contribution in [0.4, 0.5) is 19.6 Å². The molecule has 2 aromatic carbocycles. The van der Waals surface area contributed by atoms with Crippen LogP contribution in [0, 0.1) is 11.6 Å². The molecule has 0 fully saturated rings. The molecule has 0 bridgehead atoms. The maximum absolute atomic E-state index is 13.2. The van der Waals surface area contributed by atoms with Crippen molar-refractivity contribution in [2.75, 3.05) is 16.4 Å². The van der Waals surface area contributed by atoms with Crippen molar-refractivity contribution in [1.29, 1.82) is 0 Å². The minimum Gasteiger partial charge on any atom is -0.325 e. The average molecular weight is 419 g/mol. The second-order valence-corrected chi connectivity index (χ2v) is 7.50. The summed E-state index contributed by atoms with van der Waals surface area (Å²) in [5, 5.41) is 7.49. The topological polar surface area (TPSA) is 71.1 Å². The van der Waals surface area contributed by atoms with Crippen LogP contribution in [0.2, 0.25) is 0 Å². The fourth-order valence-corrected chi connectivity index (χ4v) is 3.74. The first-order chi connectivity index (χ1) is 13.5. The largest absolute Gasteiger partial charge is 0.325 e. The molecule has 3 rings (SSSR count). The molecule has 28 heavy (non-hydrogen) atoms. The number of carbonyl (C=O) groups excluding carboxylic acids is 2. The summed E-state index contributed by atoms with van der Waals surface area (Å²) in [4.78, 5) is 28.3. The smallest absolute Gasteiger partial charge is 0.257 e. The minimum atomic E-state index is -0.484. The highest BCUT2D eigenvalue weighted by Crippen LogP contribution is 2.20. The molecule has 2 N–H and O–H groups in total. The molecule has 3 aromatic rings. The lowest BCUT2D eigenvalue weighted by atomic mass is 10.2. The molecule has 144 valence electrons. The summed E-state index contributed by atoms with van der Waals surface area (Å²) in [7, 11) is 0. The van der Waals surface area contributed by atoms with Crippen LogP contribution in [0.15, 0.2) is 53.9 Å². The van der Waals surface area contributed by atoms with Crippen LogP contribution >= 0.6 is 23.1 Å². The van der Waals surface area contributed by atoms with E-state index in [1.807, 2.05) is 0 Å². The Labute approximate surface area is 168 Å². The molecule has 0 aliphatic rings. The Morgan fingerprint density at radius 2 is 1.82 bits per heavy atom. The molecule has 0 spiro atoms. The van der Waals surface area contributed by atoms with Gasteiger partial charge in [-0.1, -0.05) is 6.07 Å². The Bertz CT molecular complexity index is 977. The van der Waals surface area contributed by atoms with E-state index in [-0.39, 0.29) is 23.0 Å². The third-order valence-corrected chi connectivity index (χ3v) is 5.24. The molecule has 0 atom stereocenters. The van der Waals surface area contributed by atoms with Gasteiger partial charge in [-0.05, 0) is 42.5 Å². The van der Waals surface area contributed by atoms with Crippen LogP contribution in [-0.4, -0.2) is 22.6 Å². The van der Waals surface area contributed by atoms with E-state index < -0.39 is 11.7 Å². The zero-order valence-corrected chi connectivity index (χ0v) is 16.1. The van der Waals surface area contributed by atoms with Gasteiger partial charge in [-0.2, -0.15) is 0 Å². The number of hydrogen-bond donors (Lipinski definition) is 2. The number of nitrogens with one attached hydrogen (secondary N) is 2. The fraction of sp³-hybridized carbons (Fsp3) is 0.105. The molecule has 2 amide bonds. The van der Waals surface area contributed by atoms with Gasteiger partial charge in [0.25, 0.3) is 5.91 Å². The number of thiazole rings is 1. The standard InChI is InChI=1S/C19H15F2N3O2S2/c20-13-4-6-15(7-5-13)22-17(25)11-27-9-16-10-28-19(23-16)24-18(26)12-2-1-3-14(21)8-12/h1-8,10H,9,11H2,(H,22,25)(H,23,24,26). The molecular formula is C19H15F2N3O2S2. The van der Waals surface area contributed by atoms with Crippen molar-refractivity contribution in [3.63, 3.8) is 0 Å². The van der Waals surface area contributed by atoms with E-state index in [0.717, 1.165) is 11.8 Å². The Balaban J connectivity index is 1.45. The summed E-state index contributed by atoms with van der Waals surface area (Å²) in [6.07, 6.45) is 0. The fourth-order valence-electron chi connectivity index (χ4n) is 2.21. The van der Waals surface area contributed by atoms with Crippen molar-refractivity contribution in [1.82, 2.24) is 4.98 Å². The molecule has 0 radical (unpaired) electrons. The summed E-state index contributed by atoms with van der Waals surface area (Å²) < 4.78 is 26.0. The third kappa shape index (κ3) is 5.86. The Morgan fingerprint density at radius 1 is 1.04 bits per heavy atom. The first-order valence-corrected chi connectivity index (χ1v) is 10.2. The predicted molar refractivity (Wildman–Crippen MR) is 108 cm³/mol. The van der Waals surface area contributed by atoms with Gasteiger partial charge < -0.3 is 5.32 Å². The first-order valence-electron chi connectivity index (χ1n) is 8.14. The highest BCUT2D eigenvalue weighted by Gasteiger charge is 2.10. The second-order valence-electron chi connectivity index (χ2n) is 5.66. The molecule has 9 heteroatoms. The number of carbonyl (C=O) groups is 2. The highest BCUT2D eigenvalue weighted by molar-refractivity contribution is 7.99.